The molecule has 82 valence electrons. The maximum absolute atomic E-state index is 9.28. The molecule has 0 N–H and O–H groups in total. The number of hydrogen-bond acceptors (Lipinski definition) is 1. The van der Waals surface area contributed by atoms with Crippen molar-refractivity contribution in [1.29, 1.82) is 5.26 Å². The Morgan fingerprint density at radius 1 is 1.35 bits per heavy atom. The number of nitriles is 1. The third-order valence-electron chi connectivity index (χ3n) is 3.83. The van der Waals surface area contributed by atoms with Crippen molar-refractivity contribution in [1.82, 2.24) is 0 Å². The second kappa shape index (κ2) is 3.21. The van der Waals surface area contributed by atoms with Crippen LogP contribution in [0.3, 0.4) is 0 Å². The number of nitrogens with zero attached hydrogens (tertiary/aromatic N) is 1. The van der Waals surface area contributed by atoms with Gasteiger partial charge in [-0.2, -0.15) is 5.26 Å². The summed E-state index contributed by atoms with van der Waals surface area (Å²) in [5.41, 5.74) is 3.17. The number of hydrogen-bond donors (Lipinski definition) is 0. The highest BCUT2D eigenvalue weighted by Crippen LogP contribution is 2.44. The van der Waals surface area contributed by atoms with Gasteiger partial charge in [0.15, 0.2) is 0 Å². The van der Waals surface area contributed by atoms with Gasteiger partial charge in [0.1, 0.15) is 0 Å². The minimum atomic E-state index is -0.103. The molecule has 2 aromatic carbocycles. The third-order valence-corrected chi connectivity index (χ3v) is 3.83. The summed E-state index contributed by atoms with van der Waals surface area (Å²) in [5, 5.41) is 11.8. The van der Waals surface area contributed by atoms with E-state index in [1.165, 1.54) is 16.3 Å². The van der Waals surface area contributed by atoms with Crippen LogP contribution in [0.4, 0.5) is 0 Å². The molecule has 1 atom stereocenters. The molecule has 1 nitrogen and oxygen atoms in total. The normalized spacial score (nSPS) is 21.4. The lowest BCUT2D eigenvalue weighted by molar-refractivity contribution is 0.619. The maximum Gasteiger partial charge on any atom is 0.0995 e. The van der Waals surface area contributed by atoms with Crippen molar-refractivity contribution in [2.45, 2.75) is 18.8 Å². The molecule has 0 aromatic heterocycles. The molecule has 0 unspecified atom stereocenters. The van der Waals surface area contributed by atoms with Gasteiger partial charge in [0.2, 0.25) is 0 Å². The fourth-order valence-electron chi connectivity index (χ4n) is 2.95. The van der Waals surface area contributed by atoms with Crippen molar-refractivity contribution in [3.8, 4) is 6.07 Å². The van der Waals surface area contributed by atoms with Crippen molar-refractivity contribution in [3.63, 3.8) is 0 Å². The molecular weight excluding hydrogens is 206 g/mol. The van der Waals surface area contributed by atoms with Crippen LogP contribution in [0.1, 0.15) is 23.6 Å². The van der Waals surface area contributed by atoms with Gasteiger partial charge in [-0.25, -0.2) is 0 Å². The first-order valence-electron chi connectivity index (χ1n) is 5.78. The van der Waals surface area contributed by atoms with Crippen molar-refractivity contribution in [2.75, 3.05) is 0 Å². The summed E-state index contributed by atoms with van der Waals surface area (Å²) in [6.07, 6.45) is 2.92. The zero-order valence-corrected chi connectivity index (χ0v) is 9.83. The van der Waals surface area contributed by atoms with E-state index >= 15 is 0 Å². The second-order valence-electron chi connectivity index (χ2n) is 4.91. The van der Waals surface area contributed by atoms with E-state index in [1.54, 1.807) is 0 Å². The highest BCUT2D eigenvalue weighted by molar-refractivity contribution is 5.94. The van der Waals surface area contributed by atoms with E-state index in [-0.39, 0.29) is 5.41 Å². The summed E-state index contributed by atoms with van der Waals surface area (Å²) in [6.45, 7) is 6.11. The van der Waals surface area contributed by atoms with E-state index in [1.807, 2.05) is 18.2 Å². The van der Waals surface area contributed by atoms with Crippen LogP contribution < -0.4 is 0 Å². The summed E-state index contributed by atoms with van der Waals surface area (Å²) in [5.74, 6) is 0. The van der Waals surface area contributed by atoms with Crippen LogP contribution in [0.2, 0.25) is 0 Å². The number of rotatable bonds is 1. The fraction of sp³-hybridized carbons (Fsp3) is 0.188. The molecule has 0 heterocycles. The first-order valence-corrected chi connectivity index (χ1v) is 5.78. The Balaban J connectivity index is 2.52. The molecule has 0 spiro atoms. The molecule has 3 rings (SSSR count). The van der Waals surface area contributed by atoms with Gasteiger partial charge in [-0.1, -0.05) is 37.3 Å². The van der Waals surface area contributed by atoms with Gasteiger partial charge < -0.3 is 0 Å². The summed E-state index contributed by atoms with van der Waals surface area (Å²) >= 11 is 0. The molecule has 0 fully saturated rings. The Labute approximate surface area is 101 Å². The average molecular weight is 219 g/mol. The monoisotopic (exact) mass is 219 g/mol. The maximum atomic E-state index is 9.28. The molecule has 0 saturated carbocycles. The third kappa shape index (κ3) is 1.18. The van der Waals surface area contributed by atoms with Gasteiger partial charge >= 0.3 is 0 Å². The summed E-state index contributed by atoms with van der Waals surface area (Å²) in [7, 11) is 0. The highest BCUT2D eigenvalue weighted by atomic mass is 14.4. The lowest BCUT2D eigenvalue weighted by Crippen LogP contribution is -2.18. The largest absolute Gasteiger partial charge is 0.192 e. The molecule has 1 aliphatic carbocycles. The molecule has 1 heteroatoms. The average Bonchev–Trinajstić information content (AvgIpc) is 2.67. The summed E-state index contributed by atoms with van der Waals surface area (Å²) in [4.78, 5) is 0. The minimum absolute atomic E-state index is 0.103. The first-order chi connectivity index (χ1) is 8.19. The van der Waals surface area contributed by atoms with Crippen LogP contribution in [0.15, 0.2) is 43.0 Å². The number of benzene rings is 2. The number of allylic oxidation sites excluding steroid dienone is 1. The standard InChI is InChI=1S/C16H13N/c1-3-16(2)9-12-6-4-5-11-7-8-13(10-17)15(16)14(11)12/h3-8H,1,9H2,2H3/t16-/m0/s1. The lowest BCUT2D eigenvalue weighted by Gasteiger charge is -2.21. The molecular formula is C16H13N. The molecule has 0 saturated heterocycles. The Kier molecular flexibility index (Phi) is 1.91. The lowest BCUT2D eigenvalue weighted by atomic mass is 9.81. The Hall–Kier alpha value is -2.07. The zero-order valence-electron chi connectivity index (χ0n) is 9.83. The van der Waals surface area contributed by atoms with Gasteiger partial charge in [0.25, 0.3) is 0 Å². The van der Waals surface area contributed by atoms with Gasteiger partial charge in [-0.3, -0.25) is 0 Å². The van der Waals surface area contributed by atoms with E-state index < -0.39 is 0 Å². The molecule has 0 amide bonds. The SMILES string of the molecule is C=C[C@@]1(C)Cc2cccc3ccc(C#N)c1c23. The van der Waals surface area contributed by atoms with Gasteiger partial charge in [-0.05, 0) is 34.4 Å². The van der Waals surface area contributed by atoms with Crippen LogP contribution in [0.5, 0.6) is 0 Å². The van der Waals surface area contributed by atoms with Crippen molar-refractivity contribution >= 4 is 10.8 Å². The van der Waals surface area contributed by atoms with Crippen LogP contribution in [-0.2, 0) is 11.8 Å². The predicted molar refractivity (Wildman–Crippen MR) is 69.9 cm³/mol. The van der Waals surface area contributed by atoms with Crippen LogP contribution in [0, 0.1) is 11.3 Å². The zero-order chi connectivity index (χ0) is 12.0. The molecule has 0 radical (unpaired) electrons. The van der Waals surface area contributed by atoms with Gasteiger partial charge in [0, 0.05) is 5.41 Å². The highest BCUT2D eigenvalue weighted by Gasteiger charge is 2.34. The molecule has 17 heavy (non-hydrogen) atoms. The van der Waals surface area contributed by atoms with E-state index in [0.717, 1.165) is 17.5 Å². The summed E-state index contributed by atoms with van der Waals surface area (Å²) < 4.78 is 0. The van der Waals surface area contributed by atoms with E-state index in [2.05, 4.69) is 37.8 Å². The molecule has 2 aromatic rings. The molecule has 0 bridgehead atoms. The topological polar surface area (TPSA) is 23.8 Å². The van der Waals surface area contributed by atoms with E-state index in [0.29, 0.717) is 0 Å². The smallest absolute Gasteiger partial charge is 0.0995 e. The predicted octanol–water partition coefficient (Wildman–Crippen LogP) is 3.71. The van der Waals surface area contributed by atoms with Crippen molar-refractivity contribution < 1.29 is 0 Å². The Morgan fingerprint density at radius 3 is 2.88 bits per heavy atom. The Morgan fingerprint density at radius 2 is 2.18 bits per heavy atom. The first kappa shape index (κ1) is 10.1. The van der Waals surface area contributed by atoms with Crippen LogP contribution in [-0.4, -0.2) is 0 Å². The fourth-order valence-corrected chi connectivity index (χ4v) is 2.95. The Bertz CT molecular complexity index is 676. The van der Waals surface area contributed by atoms with Crippen LogP contribution in [0.25, 0.3) is 10.8 Å². The second-order valence-corrected chi connectivity index (χ2v) is 4.91. The van der Waals surface area contributed by atoms with Crippen molar-refractivity contribution in [3.05, 3.63) is 59.7 Å². The molecule has 0 aliphatic heterocycles. The van der Waals surface area contributed by atoms with Gasteiger partial charge in [0.05, 0.1) is 11.6 Å². The minimum Gasteiger partial charge on any atom is -0.192 e. The van der Waals surface area contributed by atoms with Gasteiger partial charge in [-0.15, -0.1) is 6.58 Å². The van der Waals surface area contributed by atoms with E-state index in [9.17, 15) is 5.26 Å². The van der Waals surface area contributed by atoms with Crippen molar-refractivity contribution in [2.24, 2.45) is 0 Å². The molecule has 1 aliphatic rings. The quantitative estimate of drug-likeness (QED) is 0.671. The van der Waals surface area contributed by atoms with Crippen LogP contribution >= 0.6 is 0 Å². The summed E-state index contributed by atoms with van der Waals surface area (Å²) in [6, 6.07) is 12.6. The van der Waals surface area contributed by atoms with E-state index in [4.69, 9.17) is 0 Å².